The zero-order valence-corrected chi connectivity index (χ0v) is 5.92. The van der Waals surface area contributed by atoms with Gasteiger partial charge >= 0.3 is 0 Å². The first-order chi connectivity index (χ1) is 4.33. The molecule has 1 heterocycles. The normalized spacial score (nSPS) is 25.3. The molecule has 0 saturated carbocycles. The fourth-order valence-corrected chi connectivity index (χ4v) is 0.993. The van der Waals surface area contributed by atoms with Crippen LogP contribution in [0.4, 0.5) is 0 Å². The van der Waals surface area contributed by atoms with Gasteiger partial charge in [-0.2, -0.15) is 0 Å². The van der Waals surface area contributed by atoms with Crippen molar-refractivity contribution >= 4 is 5.71 Å². The van der Waals surface area contributed by atoms with E-state index in [0.29, 0.717) is 0 Å². The average Bonchev–Trinajstić information content (AvgIpc) is 2.17. The molecule has 1 saturated heterocycles. The van der Waals surface area contributed by atoms with Gasteiger partial charge in [0.15, 0.2) is 0 Å². The van der Waals surface area contributed by atoms with Crippen molar-refractivity contribution in [2.45, 2.75) is 6.42 Å². The minimum Gasteiger partial charge on any atom is -0.399 e. The van der Waals surface area contributed by atoms with Gasteiger partial charge in [-0.1, -0.05) is 5.16 Å². The molecular weight excluding hydrogens is 116 g/mol. The molecule has 1 fully saturated rings. The molecule has 0 aromatic carbocycles. The first kappa shape index (κ1) is 6.55. The predicted molar refractivity (Wildman–Crippen MR) is 36.6 cm³/mol. The molecule has 0 aliphatic carbocycles. The van der Waals surface area contributed by atoms with Crippen LogP contribution in [0.3, 0.4) is 0 Å². The second-order valence-electron chi connectivity index (χ2n) is 2.33. The van der Waals surface area contributed by atoms with Gasteiger partial charge in [0.2, 0.25) is 0 Å². The summed E-state index contributed by atoms with van der Waals surface area (Å²) < 4.78 is 0. The fraction of sp³-hybridized carbons (Fsp3) is 0.833. The van der Waals surface area contributed by atoms with Gasteiger partial charge in [0.1, 0.15) is 7.11 Å². The molecular formula is C6H12N2O. The molecule has 0 N–H and O–H groups in total. The lowest BCUT2D eigenvalue weighted by Crippen LogP contribution is -2.13. The lowest BCUT2D eigenvalue weighted by molar-refractivity contribution is 0.212. The standard InChI is InChI=1S/C6H12N2O/c1-8-4-3-6(5-8)7-9-2/h3-5H2,1-2H3. The highest BCUT2D eigenvalue weighted by molar-refractivity contribution is 5.87. The maximum absolute atomic E-state index is 4.64. The topological polar surface area (TPSA) is 24.8 Å². The summed E-state index contributed by atoms with van der Waals surface area (Å²) in [6.45, 7) is 2.08. The first-order valence-electron chi connectivity index (χ1n) is 3.10. The maximum atomic E-state index is 4.64. The van der Waals surface area contributed by atoms with E-state index in [-0.39, 0.29) is 0 Å². The monoisotopic (exact) mass is 128 g/mol. The van der Waals surface area contributed by atoms with Crippen LogP contribution in [0.2, 0.25) is 0 Å². The van der Waals surface area contributed by atoms with Crippen molar-refractivity contribution in [1.82, 2.24) is 4.90 Å². The summed E-state index contributed by atoms with van der Waals surface area (Å²) in [7, 11) is 3.67. The Hall–Kier alpha value is -0.570. The van der Waals surface area contributed by atoms with E-state index in [1.165, 1.54) is 0 Å². The van der Waals surface area contributed by atoms with Crippen LogP contribution in [0.25, 0.3) is 0 Å². The summed E-state index contributed by atoms with van der Waals surface area (Å²) in [5.41, 5.74) is 1.15. The van der Waals surface area contributed by atoms with Crippen molar-refractivity contribution in [1.29, 1.82) is 0 Å². The number of likely N-dealkylation sites (tertiary alicyclic amines) is 1. The molecule has 0 atom stereocenters. The smallest absolute Gasteiger partial charge is 0.106 e. The van der Waals surface area contributed by atoms with Gasteiger partial charge in [0.25, 0.3) is 0 Å². The van der Waals surface area contributed by atoms with Crippen molar-refractivity contribution in [3.63, 3.8) is 0 Å². The van der Waals surface area contributed by atoms with E-state index >= 15 is 0 Å². The highest BCUT2D eigenvalue weighted by Crippen LogP contribution is 2.01. The van der Waals surface area contributed by atoms with E-state index in [4.69, 9.17) is 0 Å². The molecule has 9 heavy (non-hydrogen) atoms. The second-order valence-corrected chi connectivity index (χ2v) is 2.33. The van der Waals surface area contributed by atoms with E-state index in [1.807, 2.05) is 0 Å². The quantitative estimate of drug-likeness (QED) is 0.475. The minimum absolute atomic E-state index is 0.966. The van der Waals surface area contributed by atoms with Crippen molar-refractivity contribution in [3.8, 4) is 0 Å². The van der Waals surface area contributed by atoms with Crippen LogP contribution < -0.4 is 0 Å². The minimum atomic E-state index is 0.966. The van der Waals surface area contributed by atoms with Gasteiger partial charge in [-0.25, -0.2) is 0 Å². The number of nitrogens with zero attached hydrogens (tertiary/aromatic N) is 2. The Bertz CT molecular complexity index is 122. The first-order valence-corrected chi connectivity index (χ1v) is 3.10. The molecule has 0 amide bonds. The molecule has 0 spiro atoms. The summed E-state index contributed by atoms with van der Waals surface area (Å²) in [5.74, 6) is 0. The Morgan fingerprint density at radius 3 is 2.89 bits per heavy atom. The van der Waals surface area contributed by atoms with Gasteiger partial charge in [0, 0.05) is 19.5 Å². The van der Waals surface area contributed by atoms with Crippen molar-refractivity contribution < 1.29 is 4.84 Å². The van der Waals surface area contributed by atoms with E-state index in [2.05, 4.69) is 21.9 Å². The van der Waals surface area contributed by atoms with Crippen LogP contribution in [0.15, 0.2) is 5.16 Å². The number of hydrogen-bond acceptors (Lipinski definition) is 3. The highest BCUT2D eigenvalue weighted by Gasteiger charge is 2.13. The largest absolute Gasteiger partial charge is 0.399 e. The van der Waals surface area contributed by atoms with Gasteiger partial charge < -0.3 is 9.74 Å². The summed E-state index contributed by atoms with van der Waals surface area (Å²) in [6.07, 6.45) is 1.06. The molecule has 0 radical (unpaired) electrons. The maximum Gasteiger partial charge on any atom is 0.106 e. The molecule has 52 valence electrons. The Balaban J connectivity index is 2.38. The Labute approximate surface area is 55.3 Å². The van der Waals surface area contributed by atoms with Crippen molar-refractivity contribution in [3.05, 3.63) is 0 Å². The van der Waals surface area contributed by atoms with Gasteiger partial charge in [-0.15, -0.1) is 0 Å². The number of hydrogen-bond donors (Lipinski definition) is 0. The molecule has 0 bridgehead atoms. The predicted octanol–water partition coefficient (Wildman–Crippen LogP) is 0.324. The van der Waals surface area contributed by atoms with Gasteiger partial charge in [-0.05, 0) is 7.05 Å². The lowest BCUT2D eigenvalue weighted by Gasteiger charge is -2.01. The van der Waals surface area contributed by atoms with Crippen molar-refractivity contribution in [2.24, 2.45) is 5.16 Å². The Morgan fingerprint density at radius 1 is 1.67 bits per heavy atom. The van der Waals surface area contributed by atoms with Crippen LogP contribution in [0, 0.1) is 0 Å². The molecule has 1 aliphatic heterocycles. The van der Waals surface area contributed by atoms with Crippen molar-refractivity contribution in [2.75, 3.05) is 27.2 Å². The summed E-state index contributed by atoms with van der Waals surface area (Å²) in [5, 5.41) is 3.85. The second kappa shape index (κ2) is 2.82. The molecule has 0 aromatic heterocycles. The Kier molecular flexibility index (Phi) is 2.05. The van der Waals surface area contributed by atoms with Crippen LogP contribution in [-0.4, -0.2) is 37.9 Å². The Morgan fingerprint density at radius 2 is 2.44 bits per heavy atom. The summed E-state index contributed by atoms with van der Waals surface area (Å²) in [6, 6.07) is 0. The van der Waals surface area contributed by atoms with E-state index in [0.717, 1.165) is 25.2 Å². The third-order valence-electron chi connectivity index (χ3n) is 1.45. The van der Waals surface area contributed by atoms with Crippen LogP contribution in [0.1, 0.15) is 6.42 Å². The third kappa shape index (κ3) is 1.68. The van der Waals surface area contributed by atoms with E-state index < -0.39 is 0 Å². The molecule has 3 nitrogen and oxygen atoms in total. The van der Waals surface area contributed by atoms with Crippen LogP contribution >= 0.6 is 0 Å². The summed E-state index contributed by atoms with van der Waals surface area (Å²) in [4.78, 5) is 6.86. The van der Waals surface area contributed by atoms with E-state index in [9.17, 15) is 0 Å². The number of rotatable bonds is 1. The zero-order chi connectivity index (χ0) is 6.69. The fourth-order valence-electron chi connectivity index (χ4n) is 0.993. The van der Waals surface area contributed by atoms with Gasteiger partial charge in [-0.3, -0.25) is 0 Å². The molecule has 0 unspecified atom stereocenters. The molecule has 0 aromatic rings. The van der Waals surface area contributed by atoms with Crippen LogP contribution in [-0.2, 0) is 4.84 Å². The average molecular weight is 128 g/mol. The van der Waals surface area contributed by atoms with Crippen LogP contribution in [0.5, 0.6) is 0 Å². The van der Waals surface area contributed by atoms with E-state index in [1.54, 1.807) is 7.11 Å². The molecule has 1 aliphatic rings. The molecule has 1 rings (SSSR count). The highest BCUT2D eigenvalue weighted by atomic mass is 16.6. The lowest BCUT2D eigenvalue weighted by atomic mass is 10.3. The molecule has 3 heteroatoms. The third-order valence-corrected chi connectivity index (χ3v) is 1.45. The zero-order valence-electron chi connectivity index (χ0n) is 5.92. The summed E-state index contributed by atoms with van der Waals surface area (Å²) >= 11 is 0. The van der Waals surface area contributed by atoms with Gasteiger partial charge in [0.05, 0.1) is 5.71 Å². The SMILES string of the molecule is CON=C1CCN(C)C1. The number of oxime groups is 1.